The van der Waals surface area contributed by atoms with Crippen molar-refractivity contribution in [1.29, 1.82) is 0 Å². The number of carbonyl (C=O) groups excluding carboxylic acids is 1. The van der Waals surface area contributed by atoms with E-state index in [1.54, 1.807) is 11.3 Å². The second-order valence-corrected chi connectivity index (χ2v) is 8.75. The van der Waals surface area contributed by atoms with Gasteiger partial charge in [0.2, 0.25) is 5.91 Å². The summed E-state index contributed by atoms with van der Waals surface area (Å²) < 4.78 is 1.94. The molecule has 0 aromatic carbocycles. The highest BCUT2D eigenvalue weighted by atomic mass is 32.2. The van der Waals surface area contributed by atoms with Gasteiger partial charge in [0.15, 0.2) is 8.68 Å². The zero-order chi connectivity index (χ0) is 14.9. The third kappa shape index (κ3) is 6.57. The van der Waals surface area contributed by atoms with Gasteiger partial charge in [0.1, 0.15) is 0 Å². The van der Waals surface area contributed by atoms with Gasteiger partial charge in [-0.05, 0) is 25.2 Å². The van der Waals surface area contributed by atoms with Gasteiger partial charge in [0.25, 0.3) is 0 Å². The first kappa shape index (κ1) is 17.1. The van der Waals surface area contributed by atoms with Gasteiger partial charge in [-0.1, -0.05) is 61.0 Å². The van der Waals surface area contributed by atoms with Crippen LogP contribution < -0.4 is 5.32 Å². The largest absolute Gasteiger partial charge is 0.355 e. The van der Waals surface area contributed by atoms with Crippen LogP contribution in [0.2, 0.25) is 0 Å². The Hall–Kier alpha value is -0.270. The van der Waals surface area contributed by atoms with E-state index in [9.17, 15) is 4.79 Å². The third-order valence-electron chi connectivity index (χ3n) is 3.45. The third-order valence-corrected chi connectivity index (χ3v) is 6.88. The van der Waals surface area contributed by atoms with Crippen molar-refractivity contribution < 1.29 is 4.79 Å². The second-order valence-electron chi connectivity index (χ2n) is 5.29. The highest BCUT2D eigenvalue weighted by Crippen LogP contribution is 2.33. The Balaban J connectivity index is 1.67. The average Bonchev–Trinajstić information content (AvgIpc) is 2.98. The molecule has 1 aliphatic carbocycles. The average molecular weight is 346 g/mol. The van der Waals surface area contributed by atoms with Crippen LogP contribution in [-0.4, -0.2) is 34.2 Å². The molecule has 0 bridgehead atoms. The maximum Gasteiger partial charge on any atom is 0.230 e. The molecule has 1 aromatic rings. The Bertz CT molecular complexity index is 433. The number of hydrogen-bond acceptors (Lipinski definition) is 6. The minimum atomic E-state index is 0.0773. The molecule has 1 saturated carbocycles. The van der Waals surface area contributed by atoms with E-state index >= 15 is 0 Å². The first-order valence-electron chi connectivity index (χ1n) is 7.63. The van der Waals surface area contributed by atoms with Crippen LogP contribution in [0.5, 0.6) is 0 Å². The first-order chi connectivity index (χ1) is 10.3. The molecular formula is C14H23N3OS3. The maximum atomic E-state index is 11.5. The van der Waals surface area contributed by atoms with Crippen LogP contribution in [0.4, 0.5) is 0 Å². The van der Waals surface area contributed by atoms with Gasteiger partial charge in [0, 0.05) is 12.3 Å². The summed E-state index contributed by atoms with van der Waals surface area (Å²) in [5.41, 5.74) is 0. The molecule has 1 fully saturated rings. The van der Waals surface area contributed by atoms with E-state index in [1.165, 1.54) is 43.9 Å². The van der Waals surface area contributed by atoms with Crippen LogP contribution in [-0.2, 0) is 4.79 Å². The standard InChI is InChI=1S/C14H23N3OS3/c1-2-8-15-12(18)10-20-14-17-16-13(21-14)19-9-11-6-4-3-5-7-11/h11H,2-10H2,1H3,(H,15,18). The van der Waals surface area contributed by atoms with Crippen LogP contribution in [0.15, 0.2) is 8.68 Å². The molecule has 1 amide bonds. The molecule has 0 spiro atoms. The van der Waals surface area contributed by atoms with Crippen LogP contribution in [0.3, 0.4) is 0 Å². The molecule has 4 nitrogen and oxygen atoms in total. The van der Waals surface area contributed by atoms with Gasteiger partial charge < -0.3 is 5.32 Å². The summed E-state index contributed by atoms with van der Waals surface area (Å²) in [6, 6.07) is 0. The Labute approximate surface area is 139 Å². The van der Waals surface area contributed by atoms with Gasteiger partial charge in [-0.15, -0.1) is 10.2 Å². The van der Waals surface area contributed by atoms with Crippen LogP contribution >= 0.6 is 34.9 Å². The highest BCUT2D eigenvalue weighted by molar-refractivity contribution is 8.03. The molecule has 0 radical (unpaired) electrons. The number of nitrogens with zero attached hydrogens (tertiary/aromatic N) is 2. The summed E-state index contributed by atoms with van der Waals surface area (Å²) in [5.74, 6) is 2.52. The van der Waals surface area contributed by atoms with Crippen LogP contribution in [0.25, 0.3) is 0 Å². The van der Waals surface area contributed by atoms with E-state index < -0.39 is 0 Å². The fraction of sp³-hybridized carbons (Fsp3) is 0.786. The number of rotatable bonds is 8. The fourth-order valence-corrected chi connectivity index (χ4v) is 5.36. The van der Waals surface area contributed by atoms with Crippen molar-refractivity contribution in [2.24, 2.45) is 5.92 Å². The minimum Gasteiger partial charge on any atom is -0.355 e. The number of nitrogens with one attached hydrogen (secondary N) is 1. The lowest BCUT2D eigenvalue weighted by molar-refractivity contribution is -0.118. The topological polar surface area (TPSA) is 54.9 Å². The first-order valence-corrected chi connectivity index (χ1v) is 10.4. The molecule has 0 unspecified atom stereocenters. The van der Waals surface area contributed by atoms with Crippen molar-refractivity contribution in [2.45, 2.75) is 54.1 Å². The normalized spacial score (nSPS) is 16.0. The van der Waals surface area contributed by atoms with E-state index in [0.29, 0.717) is 5.75 Å². The monoisotopic (exact) mass is 345 g/mol. The number of amides is 1. The molecule has 0 atom stereocenters. The molecule has 1 N–H and O–H groups in total. The lowest BCUT2D eigenvalue weighted by atomic mass is 9.91. The zero-order valence-electron chi connectivity index (χ0n) is 12.5. The molecule has 1 aliphatic rings. The summed E-state index contributed by atoms with van der Waals surface area (Å²) in [7, 11) is 0. The summed E-state index contributed by atoms with van der Waals surface area (Å²) in [6.45, 7) is 2.80. The van der Waals surface area contributed by atoms with E-state index in [1.807, 2.05) is 18.7 Å². The van der Waals surface area contributed by atoms with E-state index in [-0.39, 0.29) is 5.91 Å². The molecular weight excluding hydrogens is 322 g/mol. The Morgan fingerprint density at radius 2 is 1.95 bits per heavy atom. The summed E-state index contributed by atoms with van der Waals surface area (Å²) >= 11 is 4.92. The number of hydrogen-bond donors (Lipinski definition) is 1. The van der Waals surface area contributed by atoms with Crippen LogP contribution in [0, 0.1) is 5.92 Å². The quantitative estimate of drug-likeness (QED) is 0.726. The zero-order valence-corrected chi connectivity index (χ0v) is 14.9. The Morgan fingerprint density at radius 1 is 1.24 bits per heavy atom. The molecule has 118 valence electrons. The van der Waals surface area contributed by atoms with Crippen molar-refractivity contribution in [2.75, 3.05) is 18.1 Å². The van der Waals surface area contributed by atoms with E-state index in [2.05, 4.69) is 15.5 Å². The van der Waals surface area contributed by atoms with Crippen LogP contribution in [0.1, 0.15) is 45.4 Å². The lowest BCUT2D eigenvalue weighted by Crippen LogP contribution is -2.25. The second kappa shape index (κ2) is 9.69. The van der Waals surface area contributed by atoms with Gasteiger partial charge in [-0.2, -0.15) is 0 Å². The number of aromatic nitrogens is 2. The molecule has 7 heteroatoms. The van der Waals surface area contributed by atoms with Gasteiger partial charge in [-0.3, -0.25) is 4.79 Å². The molecule has 21 heavy (non-hydrogen) atoms. The molecule has 2 rings (SSSR count). The highest BCUT2D eigenvalue weighted by Gasteiger charge is 2.15. The number of thioether (sulfide) groups is 2. The predicted octanol–water partition coefficient (Wildman–Crippen LogP) is 3.83. The van der Waals surface area contributed by atoms with Gasteiger partial charge in [0.05, 0.1) is 5.75 Å². The summed E-state index contributed by atoms with van der Waals surface area (Å²) in [5, 5.41) is 11.3. The molecule has 1 heterocycles. The van der Waals surface area contributed by atoms with E-state index in [4.69, 9.17) is 0 Å². The van der Waals surface area contributed by atoms with Crippen molar-refractivity contribution >= 4 is 40.8 Å². The van der Waals surface area contributed by atoms with Crippen molar-refractivity contribution in [3.8, 4) is 0 Å². The van der Waals surface area contributed by atoms with Crippen molar-refractivity contribution in [1.82, 2.24) is 15.5 Å². The molecule has 0 aliphatic heterocycles. The Kier molecular flexibility index (Phi) is 7.88. The summed E-state index contributed by atoms with van der Waals surface area (Å²) in [4.78, 5) is 11.5. The SMILES string of the molecule is CCCNC(=O)CSc1nnc(SCC2CCCCC2)s1. The van der Waals surface area contributed by atoms with Crippen molar-refractivity contribution in [3.63, 3.8) is 0 Å². The fourth-order valence-electron chi connectivity index (χ4n) is 2.30. The lowest BCUT2D eigenvalue weighted by Gasteiger charge is -2.20. The molecule has 1 aromatic heterocycles. The van der Waals surface area contributed by atoms with Gasteiger partial charge in [-0.25, -0.2) is 0 Å². The summed E-state index contributed by atoms with van der Waals surface area (Å²) in [6.07, 6.45) is 7.87. The molecule has 0 saturated heterocycles. The predicted molar refractivity (Wildman–Crippen MR) is 91.2 cm³/mol. The minimum absolute atomic E-state index is 0.0773. The maximum absolute atomic E-state index is 11.5. The van der Waals surface area contributed by atoms with E-state index in [0.717, 1.165) is 33.3 Å². The van der Waals surface area contributed by atoms with Crippen molar-refractivity contribution in [3.05, 3.63) is 0 Å². The number of carbonyl (C=O) groups is 1. The Morgan fingerprint density at radius 3 is 2.67 bits per heavy atom. The smallest absolute Gasteiger partial charge is 0.230 e. The van der Waals surface area contributed by atoms with Gasteiger partial charge >= 0.3 is 0 Å².